The first kappa shape index (κ1) is 12.0. The summed E-state index contributed by atoms with van der Waals surface area (Å²) in [5.41, 5.74) is 5.19. The molecule has 0 aliphatic rings. The van der Waals surface area contributed by atoms with Crippen LogP contribution in [0.4, 0.5) is 0 Å². The van der Waals surface area contributed by atoms with E-state index in [1.165, 1.54) is 5.75 Å². The lowest BCUT2D eigenvalue weighted by molar-refractivity contribution is 1.02. The number of thioether (sulfide) groups is 1. The van der Waals surface area contributed by atoms with E-state index in [-0.39, 0.29) is 0 Å². The maximum Gasteiger partial charge on any atom is 0.00557 e. The average molecular weight is 150 g/mol. The summed E-state index contributed by atoms with van der Waals surface area (Å²) < 4.78 is 0. The lowest BCUT2D eigenvalue weighted by Crippen LogP contribution is -2.00. The average Bonchev–Trinajstić information content (AvgIpc) is 1.86. The molecule has 0 saturated carbocycles. The molecule has 0 rings (SSSR count). The lowest BCUT2D eigenvalue weighted by Gasteiger charge is -1.87. The van der Waals surface area contributed by atoms with E-state index >= 15 is 0 Å². The number of hydrogen-bond acceptors (Lipinski definition) is 3. The van der Waals surface area contributed by atoms with Gasteiger partial charge in [-0.2, -0.15) is 11.8 Å². The van der Waals surface area contributed by atoms with Gasteiger partial charge in [0.1, 0.15) is 0 Å². The van der Waals surface area contributed by atoms with Crippen LogP contribution in [0.25, 0.3) is 0 Å². The second-order valence-corrected chi connectivity index (χ2v) is 2.88. The van der Waals surface area contributed by atoms with Gasteiger partial charge in [-0.15, -0.1) is 0 Å². The Kier molecular flexibility index (Phi) is 21.0. The van der Waals surface area contributed by atoms with Crippen LogP contribution in [0.3, 0.4) is 0 Å². The molecular formula is C6H18N2S. The Balaban J connectivity index is 0. The molecule has 9 heavy (non-hydrogen) atoms. The Morgan fingerprint density at radius 3 is 2.00 bits per heavy atom. The van der Waals surface area contributed by atoms with Crippen molar-refractivity contribution in [1.29, 1.82) is 0 Å². The van der Waals surface area contributed by atoms with E-state index in [1.807, 2.05) is 25.9 Å². The van der Waals surface area contributed by atoms with Crippen LogP contribution in [-0.4, -0.2) is 32.1 Å². The summed E-state index contributed by atoms with van der Waals surface area (Å²) >= 11 is 1.88. The molecule has 0 aliphatic heterocycles. The largest absolute Gasteiger partial charge is 0.330 e. The summed E-state index contributed by atoms with van der Waals surface area (Å²) in [5, 5.41) is 2.75. The van der Waals surface area contributed by atoms with Crippen LogP contribution in [-0.2, 0) is 0 Å². The van der Waals surface area contributed by atoms with Crippen LogP contribution >= 0.6 is 11.8 Å². The van der Waals surface area contributed by atoms with E-state index < -0.39 is 0 Å². The van der Waals surface area contributed by atoms with E-state index in [0.29, 0.717) is 0 Å². The van der Waals surface area contributed by atoms with E-state index in [9.17, 15) is 0 Å². The fourth-order valence-corrected chi connectivity index (χ4v) is 0.683. The van der Waals surface area contributed by atoms with Crippen molar-refractivity contribution >= 4 is 11.8 Å². The molecule has 3 heteroatoms. The minimum Gasteiger partial charge on any atom is -0.330 e. The summed E-state index contributed by atoms with van der Waals surface area (Å²) in [7, 11) is 3.75. The molecule has 0 aromatic rings. The predicted octanol–water partition coefficient (Wildman–Crippen LogP) is 0.534. The van der Waals surface area contributed by atoms with Crippen LogP contribution in [0.2, 0.25) is 0 Å². The number of nitrogens with one attached hydrogen (secondary N) is 1. The van der Waals surface area contributed by atoms with Crippen molar-refractivity contribution in [3.8, 4) is 0 Å². The van der Waals surface area contributed by atoms with Crippen molar-refractivity contribution in [3.63, 3.8) is 0 Å². The van der Waals surface area contributed by atoms with Gasteiger partial charge in [-0.1, -0.05) is 6.92 Å². The summed E-state index contributed by atoms with van der Waals surface area (Å²) in [5.74, 6) is 2.30. The molecule has 2 nitrogen and oxygen atoms in total. The topological polar surface area (TPSA) is 38.0 Å². The molecule has 0 unspecified atom stereocenters. The molecular weight excluding hydrogens is 132 g/mol. The van der Waals surface area contributed by atoms with Crippen molar-refractivity contribution in [2.45, 2.75) is 6.92 Å². The van der Waals surface area contributed by atoms with Crippen LogP contribution < -0.4 is 11.1 Å². The highest BCUT2D eigenvalue weighted by molar-refractivity contribution is 7.99. The summed E-state index contributed by atoms with van der Waals surface area (Å²) in [6.45, 7) is 2.96. The monoisotopic (exact) mass is 150 g/mol. The van der Waals surface area contributed by atoms with Crippen LogP contribution in [0.1, 0.15) is 6.92 Å². The molecule has 0 atom stereocenters. The molecule has 58 valence electrons. The number of nitrogens with two attached hydrogens (primary N) is 1. The standard InChI is InChI=1S/C4H11NS.C2H7N/c1-2-6-4-3-5;1-3-2/h2-5H2,1H3;3H,1-2H3. The minimum absolute atomic E-state index is 0.818. The highest BCUT2D eigenvalue weighted by Crippen LogP contribution is 1.93. The van der Waals surface area contributed by atoms with Gasteiger partial charge in [-0.3, -0.25) is 0 Å². The first-order valence-electron chi connectivity index (χ1n) is 3.19. The summed E-state index contributed by atoms with van der Waals surface area (Å²) in [4.78, 5) is 0. The van der Waals surface area contributed by atoms with Gasteiger partial charge in [-0.25, -0.2) is 0 Å². The van der Waals surface area contributed by atoms with Gasteiger partial charge in [0.15, 0.2) is 0 Å². The zero-order valence-corrected chi connectivity index (χ0v) is 7.42. The second kappa shape index (κ2) is 15.7. The quantitative estimate of drug-likeness (QED) is 0.577. The van der Waals surface area contributed by atoms with Crippen LogP contribution in [0.15, 0.2) is 0 Å². The molecule has 3 N–H and O–H groups in total. The molecule has 0 amide bonds. The van der Waals surface area contributed by atoms with Crippen molar-refractivity contribution in [2.24, 2.45) is 5.73 Å². The van der Waals surface area contributed by atoms with Gasteiger partial charge in [0.05, 0.1) is 0 Å². The Morgan fingerprint density at radius 1 is 1.44 bits per heavy atom. The van der Waals surface area contributed by atoms with Gasteiger partial charge in [0.2, 0.25) is 0 Å². The third kappa shape index (κ3) is 30.4. The maximum absolute atomic E-state index is 5.19. The number of rotatable bonds is 3. The first-order chi connectivity index (χ1) is 4.33. The van der Waals surface area contributed by atoms with Gasteiger partial charge in [-0.05, 0) is 19.8 Å². The molecule has 0 bridgehead atoms. The van der Waals surface area contributed by atoms with Gasteiger partial charge >= 0.3 is 0 Å². The molecule has 0 aromatic carbocycles. The normalized spacial score (nSPS) is 8.00. The number of hydrogen-bond donors (Lipinski definition) is 2. The van der Waals surface area contributed by atoms with E-state index in [4.69, 9.17) is 5.73 Å². The maximum atomic E-state index is 5.19. The third-order valence-corrected chi connectivity index (χ3v) is 1.40. The van der Waals surface area contributed by atoms with E-state index in [2.05, 4.69) is 12.2 Å². The lowest BCUT2D eigenvalue weighted by atomic mass is 10.8. The zero-order valence-electron chi connectivity index (χ0n) is 6.61. The molecule has 0 aromatic heterocycles. The highest BCUT2D eigenvalue weighted by atomic mass is 32.2. The van der Waals surface area contributed by atoms with Gasteiger partial charge < -0.3 is 11.1 Å². The molecule has 0 aliphatic carbocycles. The highest BCUT2D eigenvalue weighted by Gasteiger charge is 1.74. The Bertz CT molecular complexity index is 30.2. The van der Waals surface area contributed by atoms with Crippen molar-refractivity contribution in [2.75, 3.05) is 32.1 Å². The van der Waals surface area contributed by atoms with E-state index in [0.717, 1.165) is 12.3 Å². The van der Waals surface area contributed by atoms with Crippen molar-refractivity contribution < 1.29 is 0 Å². The molecule has 0 heterocycles. The minimum atomic E-state index is 0.818. The Hall–Kier alpha value is 0.270. The van der Waals surface area contributed by atoms with Crippen LogP contribution in [0, 0.1) is 0 Å². The first-order valence-corrected chi connectivity index (χ1v) is 4.35. The third-order valence-electron chi connectivity index (χ3n) is 0.466. The predicted molar refractivity (Wildman–Crippen MR) is 47.0 cm³/mol. The smallest absolute Gasteiger partial charge is 0.00557 e. The summed E-state index contributed by atoms with van der Waals surface area (Å²) in [6.07, 6.45) is 0. The fourth-order valence-electron chi connectivity index (χ4n) is 0.228. The Morgan fingerprint density at radius 2 is 1.89 bits per heavy atom. The summed E-state index contributed by atoms with van der Waals surface area (Å²) in [6, 6.07) is 0. The van der Waals surface area contributed by atoms with Crippen LogP contribution in [0.5, 0.6) is 0 Å². The molecule has 0 spiro atoms. The molecule has 0 fully saturated rings. The second-order valence-electron chi connectivity index (χ2n) is 1.49. The van der Waals surface area contributed by atoms with Gasteiger partial charge in [0.25, 0.3) is 0 Å². The van der Waals surface area contributed by atoms with Crippen molar-refractivity contribution in [1.82, 2.24) is 5.32 Å². The molecule has 0 saturated heterocycles. The zero-order chi connectivity index (χ0) is 7.54. The molecule has 0 radical (unpaired) electrons. The van der Waals surface area contributed by atoms with Gasteiger partial charge in [0, 0.05) is 12.3 Å². The van der Waals surface area contributed by atoms with Crippen molar-refractivity contribution in [3.05, 3.63) is 0 Å². The SMILES string of the molecule is CCSCCN.CNC. The fraction of sp³-hybridized carbons (Fsp3) is 1.00. The Labute approximate surface area is 62.6 Å². The van der Waals surface area contributed by atoms with E-state index in [1.54, 1.807) is 0 Å².